The van der Waals surface area contributed by atoms with Crippen LogP contribution in [0.5, 0.6) is 0 Å². The summed E-state index contributed by atoms with van der Waals surface area (Å²) in [5.74, 6) is -0.128. The molecule has 6 heteroatoms. The molecule has 0 amide bonds. The Kier molecular flexibility index (Phi) is 6.79. The van der Waals surface area contributed by atoms with Crippen molar-refractivity contribution in [2.24, 2.45) is 11.3 Å². The number of hydrogen-bond acceptors (Lipinski definition) is 2. The van der Waals surface area contributed by atoms with Crippen LogP contribution in [0.15, 0.2) is 24.3 Å². The lowest BCUT2D eigenvalue weighted by atomic mass is 9.63. The second-order valence-corrected chi connectivity index (χ2v) is 14.9. The van der Waals surface area contributed by atoms with E-state index in [2.05, 4.69) is 33.9 Å². The van der Waals surface area contributed by atoms with Crippen LogP contribution < -0.4 is 0 Å². The van der Waals surface area contributed by atoms with Crippen LogP contribution in [-0.2, 0) is 10.6 Å². The number of aliphatic hydroxyl groups excluding tert-OH is 1. The van der Waals surface area contributed by atoms with Crippen molar-refractivity contribution in [2.75, 3.05) is 13.2 Å². The van der Waals surface area contributed by atoms with Gasteiger partial charge in [0, 0.05) is 13.2 Å². The summed E-state index contributed by atoms with van der Waals surface area (Å²) in [7, 11) is -1.97. The Morgan fingerprint density at radius 1 is 1.18 bits per heavy atom. The Labute approximate surface area is 168 Å². The molecular formula is C22H35F3O2Si. The quantitative estimate of drug-likeness (QED) is 0.547. The summed E-state index contributed by atoms with van der Waals surface area (Å²) < 4.78 is 46.9. The summed E-state index contributed by atoms with van der Waals surface area (Å²) in [4.78, 5) is 0. The highest BCUT2D eigenvalue weighted by atomic mass is 28.4. The normalized spacial score (nSPS) is 27.1. The first kappa shape index (κ1) is 23.4. The highest BCUT2D eigenvalue weighted by molar-refractivity contribution is 6.74. The van der Waals surface area contributed by atoms with Gasteiger partial charge in [0.25, 0.3) is 0 Å². The number of hydrogen-bond donors (Lipinski definition) is 1. The van der Waals surface area contributed by atoms with E-state index in [1.807, 2.05) is 6.92 Å². The summed E-state index contributed by atoms with van der Waals surface area (Å²) in [6.07, 6.45) is -2.38. The van der Waals surface area contributed by atoms with Gasteiger partial charge in [0.2, 0.25) is 0 Å². The predicted molar refractivity (Wildman–Crippen MR) is 110 cm³/mol. The summed E-state index contributed by atoms with van der Waals surface area (Å²) in [5, 5.41) is 10.1. The number of alkyl halides is 3. The van der Waals surface area contributed by atoms with Gasteiger partial charge in [-0.15, -0.1) is 0 Å². The first-order chi connectivity index (χ1) is 12.7. The first-order valence-electron chi connectivity index (χ1n) is 10.1. The molecule has 0 aliphatic heterocycles. The standard InChI is InChI=1S/C22H35F3O2Si/c1-20(2,3)28(5,6)27-14-17-13-16(11-12-21(17,4)15-26)18-9-7-8-10-19(18)22(23,24)25/h7-10,16-17,26H,11-15H2,1-6H3. The average Bonchev–Trinajstić information content (AvgIpc) is 2.59. The van der Waals surface area contributed by atoms with Gasteiger partial charge in [-0.05, 0) is 66.3 Å². The Morgan fingerprint density at radius 3 is 2.32 bits per heavy atom. The van der Waals surface area contributed by atoms with Crippen LogP contribution in [0, 0.1) is 11.3 Å². The largest absolute Gasteiger partial charge is 0.417 e. The number of benzene rings is 1. The summed E-state index contributed by atoms with van der Waals surface area (Å²) in [6.45, 7) is 13.5. The zero-order chi connectivity index (χ0) is 21.4. The molecule has 1 aliphatic carbocycles. The molecule has 2 rings (SSSR count). The summed E-state index contributed by atoms with van der Waals surface area (Å²) >= 11 is 0. The van der Waals surface area contributed by atoms with Crippen LogP contribution in [-0.4, -0.2) is 26.6 Å². The Morgan fingerprint density at radius 2 is 1.79 bits per heavy atom. The fourth-order valence-corrected chi connectivity index (χ4v) is 4.90. The van der Waals surface area contributed by atoms with E-state index in [1.54, 1.807) is 12.1 Å². The van der Waals surface area contributed by atoms with Crippen molar-refractivity contribution in [3.8, 4) is 0 Å². The highest BCUT2D eigenvalue weighted by Gasteiger charge is 2.44. The van der Waals surface area contributed by atoms with Crippen LogP contribution in [0.2, 0.25) is 18.1 Å². The van der Waals surface area contributed by atoms with Crippen molar-refractivity contribution in [3.63, 3.8) is 0 Å². The van der Waals surface area contributed by atoms with Crippen LogP contribution in [0.3, 0.4) is 0 Å². The monoisotopic (exact) mass is 416 g/mol. The molecule has 1 fully saturated rings. The van der Waals surface area contributed by atoms with Crippen molar-refractivity contribution in [2.45, 2.75) is 77.2 Å². The summed E-state index contributed by atoms with van der Waals surface area (Å²) in [6, 6.07) is 5.92. The molecule has 1 N–H and O–H groups in total. The maximum Gasteiger partial charge on any atom is 0.416 e. The Bertz CT molecular complexity index is 666. The second-order valence-electron chi connectivity index (χ2n) is 10.1. The molecule has 0 aromatic heterocycles. The lowest BCUT2D eigenvalue weighted by Gasteiger charge is -2.46. The van der Waals surface area contributed by atoms with Crippen LogP contribution in [0.1, 0.15) is 64.0 Å². The van der Waals surface area contributed by atoms with Crippen molar-refractivity contribution in [1.82, 2.24) is 0 Å². The number of halogens is 3. The molecule has 28 heavy (non-hydrogen) atoms. The molecule has 0 bridgehead atoms. The minimum atomic E-state index is -4.35. The van der Waals surface area contributed by atoms with E-state index in [0.717, 1.165) is 0 Å². The maximum atomic E-state index is 13.5. The molecule has 160 valence electrons. The highest BCUT2D eigenvalue weighted by Crippen LogP contribution is 2.49. The molecule has 0 heterocycles. The van der Waals surface area contributed by atoms with Gasteiger partial charge in [0.05, 0.1) is 5.56 Å². The minimum Gasteiger partial charge on any atom is -0.417 e. The van der Waals surface area contributed by atoms with Crippen molar-refractivity contribution in [3.05, 3.63) is 35.4 Å². The van der Waals surface area contributed by atoms with E-state index < -0.39 is 20.1 Å². The molecule has 3 unspecified atom stereocenters. The van der Waals surface area contributed by atoms with Crippen LogP contribution in [0.4, 0.5) is 13.2 Å². The van der Waals surface area contributed by atoms with E-state index >= 15 is 0 Å². The first-order valence-corrected chi connectivity index (χ1v) is 13.0. The average molecular weight is 417 g/mol. The van der Waals surface area contributed by atoms with Crippen LogP contribution in [0.25, 0.3) is 0 Å². The predicted octanol–water partition coefficient (Wildman–Crippen LogP) is 6.61. The van der Waals surface area contributed by atoms with Gasteiger partial charge < -0.3 is 9.53 Å². The molecule has 0 saturated heterocycles. The molecule has 2 nitrogen and oxygen atoms in total. The molecule has 1 aromatic carbocycles. The van der Waals surface area contributed by atoms with Crippen molar-refractivity contribution >= 4 is 8.32 Å². The number of rotatable bonds is 5. The topological polar surface area (TPSA) is 29.5 Å². The van der Waals surface area contributed by atoms with E-state index in [9.17, 15) is 18.3 Å². The zero-order valence-corrected chi connectivity index (χ0v) is 19.0. The molecule has 0 radical (unpaired) electrons. The van der Waals surface area contributed by atoms with Gasteiger partial charge in [-0.3, -0.25) is 0 Å². The number of aliphatic hydroxyl groups is 1. The molecule has 1 aromatic rings. The molecule has 1 aliphatic rings. The van der Waals surface area contributed by atoms with Gasteiger partial charge in [-0.25, -0.2) is 0 Å². The van der Waals surface area contributed by atoms with Crippen molar-refractivity contribution in [1.29, 1.82) is 0 Å². The Balaban J connectivity index is 2.26. The Hall–Kier alpha value is -0.853. The third-order valence-corrected chi connectivity index (χ3v) is 11.6. The molecule has 3 atom stereocenters. The van der Waals surface area contributed by atoms with Gasteiger partial charge in [-0.1, -0.05) is 45.9 Å². The van der Waals surface area contributed by atoms with Crippen molar-refractivity contribution < 1.29 is 22.7 Å². The summed E-state index contributed by atoms with van der Waals surface area (Å²) in [5.41, 5.74) is -0.463. The SMILES string of the molecule is CC1(CO)CCC(c2ccccc2C(F)(F)F)CC1CO[Si](C)(C)C(C)(C)C. The fraction of sp³-hybridized carbons (Fsp3) is 0.727. The molecular weight excluding hydrogens is 381 g/mol. The van der Waals surface area contributed by atoms with E-state index in [0.29, 0.717) is 31.4 Å². The lowest BCUT2D eigenvalue weighted by Crippen LogP contribution is -2.46. The molecule has 0 spiro atoms. The second kappa shape index (κ2) is 8.11. The van der Waals surface area contributed by atoms with Gasteiger partial charge >= 0.3 is 6.18 Å². The zero-order valence-electron chi connectivity index (χ0n) is 18.0. The lowest BCUT2D eigenvalue weighted by molar-refractivity contribution is -0.138. The maximum absolute atomic E-state index is 13.5. The van der Waals surface area contributed by atoms with Gasteiger partial charge in [0.15, 0.2) is 8.32 Å². The van der Waals surface area contributed by atoms with Crippen LogP contribution >= 0.6 is 0 Å². The minimum absolute atomic E-state index is 0.0339. The van der Waals surface area contributed by atoms with E-state index in [1.165, 1.54) is 12.1 Å². The fourth-order valence-electron chi connectivity index (χ4n) is 3.85. The van der Waals surface area contributed by atoms with Gasteiger partial charge in [-0.2, -0.15) is 13.2 Å². The van der Waals surface area contributed by atoms with Gasteiger partial charge in [0.1, 0.15) is 0 Å². The third kappa shape index (κ3) is 5.00. The van der Waals surface area contributed by atoms with E-state index in [-0.39, 0.29) is 28.9 Å². The smallest absolute Gasteiger partial charge is 0.416 e. The molecule has 1 saturated carbocycles. The third-order valence-electron chi connectivity index (χ3n) is 7.14. The van der Waals surface area contributed by atoms with E-state index in [4.69, 9.17) is 4.43 Å².